The van der Waals surface area contributed by atoms with Gasteiger partial charge in [-0.3, -0.25) is 0 Å². The van der Waals surface area contributed by atoms with Crippen LogP contribution in [0.15, 0.2) is 47.0 Å². The zero-order valence-corrected chi connectivity index (χ0v) is 15.9. The van der Waals surface area contributed by atoms with Gasteiger partial charge in [0.1, 0.15) is 17.7 Å². The highest BCUT2D eigenvalue weighted by Gasteiger charge is 2.34. The Kier molecular flexibility index (Phi) is 5.24. The third-order valence-electron chi connectivity index (χ3n) is 4.98. The molecule has 1 atom stereocenters. The highest BCUT2D eigenvalue weighted by atomic mass is 19.1. The van der Waals surface area contributed by atoms with Gasteiger partial charge in [0.05, 0.1) is 5.56 Å². The zero-order valence-electron chi connectivity index (χ0n) is 15.9. The molecule has 29 heavy (non-hydrogen) atoms. The molecule has 0 saturated carbocycles. The molecule has 1 aromatic heterocycles. The van der Waals surface area contributed by atoms with E-state index in [2.05, 4.69) is 15.5 Å². The van der Waals surface area contributed by atoms with Gasteiger partial charge < -0.3 is 14.7 Å². The molecule has 0 spiro atoms. The zero-order chi connectivity index (χ0) is 20.4. The molecule has 6 nitrogen and oxygen atoms in total. The third-order valence-corrected chi connectivity index (χ3v) is 4.98. The summed E-state index contributed by atoms with van der Waals surface area (Å²) >= 11 is 0. The maximum atomic E-state index is 14.0. The SMILES string of the molecule is Cc1ccc(CNC(=O)N2CCC[C@H]2c2nc(-c3ccc(F)cc3F)no2)cc1. The third kappa shape index (κ3) is 4.11. The lowest BCUT2D eigenvalue weighted by atomic mass is 10.1. The Labute approximate surface area is 166 Å². The maximum absolute atomic E-state index is 14.0. The first kappa shape index (κ1) is 19.0. The van der Waals surface area contributed by atoms with Crippen molar-refractivity contribution in [3.63, 3.8) is 0 Å². The van der Waals surface area contributed by atoms with Crippen LogP contribution < -0.4 is 5.32 Å². The van der Waals surface area contributed by atoms with E-state index in [0.29, 0.717) is 19.5 Å². The number of benzene rings is 2. The summed E-state index contributed by atoms with van der Waals surface area (Å²) in [7, 11) is 0. The quantitative estimate of drug-likeness (QED) is 0.708. The van der Waals surface area contributed by atoms with E-state index in [1.54, 1.807) is 4.90 Å². The Morgan fingerprint density at radius 2 is 2.03 bits per heavy atom. The number of nitrogens with zero attached hydrogens (tertiary/aromatic N) is 3. The largest absolute Gasteiger partial charge is 0.337 e. The maximum Gasteiger partial charge on any atom is 0.318 e. The summed E-state index contributed by atoms with van der Waals surface area (Å²) < 4.78 is 32.4. The van der Waals surface area contributed by atoms with Gasteiger partial charge in [0.2, 0.25) is 11.7 Å². The monoisotopic (exact) mass is 398 g/mol. The van der Waals surface area contributed by atoms with Gasteiger partial charge in [-0.25, -0.2) is 13.6 Å². The lowest BCUT2D eigenvalue weighted by Crippen LogP contribution is -2.39. The number of rotatable bonds is 4. The minimum atomic E-state index is -0.767. The van der Waals surface area contributed by atoms with Gasteiger partial charge in [-0.2, -0.15) is 4.98 Å². The molecule has 0 bridgehead atoms. The fraction of sp³-hybridized carbons (Fsp3) is 0.286. The van der Waals surface area contributed by atoms with Crippen LogP contribution in [0, 0.1) is 18.6 Å². The molecule has 0 radical (unpaired) electrons. The fourth-order valence-electron chi connectivity index (χ4n) is 3.40. The first-order valence-corrected chi connectivity index (χ1v) is 9.40. The summed E-state index contributed by atoms with van der Waals surface area (Å²) in [5.41, 5.74) is 2.21. The molecule has 1 aliphatic rings. The number of likely N-dealkylation sites (tertiary alicyclic amines) is 1. The molecule has 1 N–H and O–H groups in total. The smallest absolute Gasteiger partial charge is 0.318 e. The summed E-state index contributed by atoms with van der Waals surface area (Å²) in [6.07, 6.45) is 1.47. The predicted octanol–water partition coefficient (Wildman–Crippen LogP) is 4.37. The van der Waals surface area contributed by atoms with Gasteiger partial charge >= 0.3 is 6.03 Å². The minimum Gasteiger partial charge on any atom is -0.337 e. The van der Waals surface area contributed by atoms with Gasteiger partial charge in [-0.05, 0) is 37.5 Å². The van der Waals surface area contributed by atoms with Gasteiger partial charge in [-0.15, -0.1) is 0 Å². The Bertz CT molecular complexity index is 1020. The van der Waals surface area contributed by atoms with E-state index in [1.807, 2.05) is 31.2 Å². The van der Waals surface area contributed by atoms with Gasteiger partial charge in [-0.1, -0.05) is 35.0 Å². The van der Waals surface area contributed by atoms with E-state index in [-0.39, 0.29) is 29.4 Å². The second kappa shape index (κ2) is 7.98. The summed E-state index contributed by atoms with van der Waals surface area (Å²) in [4.78, 5) is 18.6. The van der Waals surface area contributed by atoms with E-state index in [1.165, 1.54) is 6.07 Å². The van der Waals surface area contributed by atoms with Crippen LogP contribution >= 0.6 is 0 Å². The van der Waals surface area contributed by atoms with Crippen LogP contribution in [0.4, 0.5) is 13.6 Å². The van der Waals surface area contributed by atoms with Gasteiger partial charge in [0.15, 0.2) is 0 Å². The van der Waals surface area contributed by atoms with E-state index in [9.17, 15) is 13.6 Å². The Morgan fingerprint density at radius 3 is 2.79 bits per heavy atom. The summed E-state index contributed by atoms with van der Waals surface area (Å²) in [6.45, 7) is 2.98. The van der Waals surface area contributed by atoms with Crippen LogP contribution in [-0.2, 0) is 6.54 Å². The molecular weight excluding hydrogens is 378 g/mol. The lowest BCUT2D eigenvalue weighted by Gasteiger charge is -2.22. The van der Waals surface area contributed by atoms with Crippen molar-refractivity contribution in [1.29, 1.82) is 0 Å². The van der Waals surface area contributed by atoms with Crippen LogP contribution in [0.1, 0.15) is 35.9 Å². The van der Waals surface area contributed by atoms with Crippen molar-refractivity contribution in [2.75, 3.05) is 6.54 Å². The fourth-order valence-corrected chi connectivity index (χ4v) is 3.40. The number of nitrogens with one attached hydrogen (secondary N) is 1. The van der Waals surface area contributed by atoms with Crippen LogP contribution in [0.25, 0.3) is 11.4 Å². The van der Waals surface area contributed by atoms with Crippen LogP contribution in [0.5, 0.6) is 0 Å². The molecule has 2 amide bonds. The Morgan fingerprint density at radius 1 is 1.24 bits per heavy atom. The van der Waals surface area contributed by atoms with Crippen molar-refractivity contribution < 1.29 is 18.1 Å². The summed E-state index contributed by atoms with van der Waals surface area (Å²) in [6, 6.07) is 10.5. The first-order chi connectivity index (χ1) is 14.0. The number of halogens is 2. The standard InChI is InChI=1S/C21H20F2N4O2/c1-13-4-6-14(7-5-13)12-24-21(28)27-10-2-3-18(27)20-25-19(26-29-20)16-9-8-15(22)11-17(16)23/h4-9,11,18H,2-3,10,12H2,1H3,(H,24,28)/t18-/m0/s1. The second-order valence-electron chi connectivity index (χ2n) is 7.08. The van der Waals surface area contributed by atoms with Gasteiger partial charge in [0, 0.05) is 19.2 Å². The molecule has 1 aliphatic heterocycles. The van der Waals surface area contributed by atoms with E-state index in [4.69, 9.17) is 4.52 Å². The summed E-state index contributed by atoms with van der Waals surface area (Å²) in [5.74, 6) is -1.17. The predicted molar refractivity (Wildman–Crippen MR) is 102 cm³/mol. The first-order valence-electron chi connectivity index (χ1n) is 9.40. The Hall–Kier alpha value is -3.29. The molecule has 4 rings (SSSR count). The molecule has 8 heteroatoms. The van der Waals surface area contributed by atoms with Gasteiger partial charge in [0.25, 0.3) is 0 Å². The van der Waals surface area contributed by atoms with Crippen molar-refractivity contribution in [3.05, 3.63) is 71.1 Å². The van der Waals surface area contributed by atoms with Crippen molar-refractivity contribution in [2.45, 2.75) is 32.4 Å². The highest BCUT2D eigenvalue weighted by Crippen LogP contribution is 2.32. The van der Waals surface area contributed by atoms with Crippen molar-refractivity contribution >= 4 is 6.03 Å². The number of carbonyl (C=O) groups excluding carboxylic acids is 1. The number of aryl methyl sites for hydroxylation is 1. The molecule has 1 fully saturated rings. The molecule has 3 aromatic rings. The molecule has 2 heterocycles. The second-order valence-corrected chi connectivity index (χ2v) is 7.08. The normalized spacial score (nSPS) is 16.2. The molecule has 1 saturated heterocycles. The molecule has 0 unspecified atom stereocenters. The topological polar surface area (TPSA) is 71.3 Å². The van der Waals surface area contributed by atoms with Crippen LogP contribution in [0.3, 0.4) is 0 Å². The molecule has 0 aliphatic carbocycles. The molecular formula is C21H20F2N4O2. The lowest BCUT2D eigenvalue weighted by molar-refractivity contribution is 0.180. The van der Waals surface area contributed by atoms with Crippen molar-refractivity contribution in [2.24, 2.45) is 0 Å². The van der Waals surface area contributed by atoms with Crippen LogP contribution in [-0.4, -0.2) is 27.6 Å². The summed E-state index contributed by atoms with van der Waals surface area (Å²) in [5, 5.41) is 6.72. The minimum absolute atomic E-state index is 0.0319. The highest BCUT2D eigenvalue weighted by molar-refractivity contribution is 5.75. The number of hydrogen-bond acceptors (Lipinski definition) is 4. The number of carbonyl (C=O) groups is 1. The Balaban J connectivity index is 1.46. The number of urea groups is 1. The van der Waals surface area contributed by atoms with Crippen LogP contribution in [0.2, 0.25) is 0 Å². The number of aromatic nitrogens is 2. The van der Waals surface area contributed by atoms with E-state index < -0.39 is 11.6 Å². The molecule has 150 valence electrons. The van der Waals surface area contributed by atoms with Crippen molar-refractivity contribution in [3.8, 4) is 11.4 Å². The number of amides is 2. The molecule has 2 aromatic carbocycles. The van der Waals surface area contributed by atoms with Crippen molar-refractivity contribution in [1.82, 2.24) is 20.4 Å². The van der Waals surface area contributed by atoms with E-state index >= 15 is 0 Å². The average Bonchev–Trinajstić information content (AvgIpc) is 3.36. The average molecular weight is 398 g/mol. The number of hydrogen-bond donors (Lipinski definition) is 1. The van der Waals surface area contributed by atoms with E-state index in [0.717, 1.165) is 29.7 Å².